The van der Waals surface area contributed by atoms with Crippen LogP contribution in [0.1, 0.15) is 30.1 Å². The number of amides is 1. The first-order valence-electron chi connectivity index (χ1n) is 6.30. The van der Waals surface area contributed by atoms with Gasteiger partial charge in [-0.3, -0.25) is 4.79 Å². The standard InChI is InChI=1S/C13H18N4O2/c1-2-19-12-8-4-3-7-11(12)13(18)15-9-5-6-10-16-17-14/h3-4,7-8H,2,5-6,9-10H2,1H3,(H,15,18). The molecule has 1 rings (SSSR count). The van der Waals surface area contributed by atoms with E-state index in [9.17, 15) is 4.79 Å². The van der Waals surface area contributed by atoms with Gasteiger partial charge in [0.1, 0.15) is 5.75 Å². The van der Waals surface area contributed by atoms with Crippen LogP contribution in [0.5, 0.6) is 5.75 Å². The molecule has 1 aromatic rings. The number of hydrogen-bond acceptors (Lipinski definition) is 3. The van der Waals surface area contributed by atoms with Crippen molar-refractivity contribution in [3.05, 3.63) is 40.3 Å². The summed E-state index contributed by atoms with van der Waals surface area (Å²) in [5, 5.41) is 6.25. The molecule has 19 heavy (non-hydrogen) atoms. The smallest absolute Gasteiger partial charge is 0.255 e. The zero-order chi connectivity index (χ0) is 13.9. The molecule has 102 valence electrons. The van der Waals surface area contributed by atoms with Crippen LogP contribution in [0.25, 0.3) is 10.4 Å². The molecule has 0 aliphatic rings. The fourth-order valence-corrected chi connectivity index (χ4v) is 1.58. The van der Waals surface area contributed by atoms with E-state index in [1.165, 1.54) is 0 Å². The summed E-state index contributed by atoms with van der Waals surface area (Å²) in [4.78, 5) is 14.6. The van der Waals surface area contributed by atoms with Gasteiger partial charge in [-0.15, -0.1) is 0 Å². The van der Waals surface area contributed by atoms with E-state index in [1.54, 1.807) is 18.2 Å². The van der Waals surface area contributed by atoms with Crippen molar-refractivity contribution in [1.82, 2.24) is 5.32 Å². The summed E-state index contributed by atoms with van der Waals surface area (Å²) in [6.45, 7) is 3.42. The lowest BCUT2D eigenvalue weighted by molar-refractivity contribution is 0.0949. The second-order valence-electron chi connectivity index (χ2n) is 3.85. The molecular weight excluding hydrogens is 244 g/mol. The van der Waals surface area contributed by atoms with Crippen molar-refractivity contribution >= 4 is 5.91 Å². The molecule has 1 N–H and O–H groups in total. The van der Waals surface area contributed by atoms with E-state index in [1.807, 2.05) is 13.0 Å². The number of carbonyl (C=O) groups is 1. The molecule has 0 saturated carbocycles. The monoisotopic (exact) mass is 262 g/mol. The largest absolute Gasteiger partial charge is 0.493 e. The van der Waals surface area contributed by atoms with Crippen LogP contribution in [0, 0.1) is 0 Å². The molecule has 0 aliphatic carbocycles. The number of rotatable bonds is 8. The van der Waals surface area contributed by atoms with Crippen molar-refractivity contribution in [2.24, 2.45) is 5.11 Å². The Bertz CT molecular complexity index is 456. The summed E-state index contributed by atoms with van der Waals surface area (Å²) in [5.41, 5.74) is 8.66. The lowest BCUT2D eigenvalue weighted by atomic mass is 10.2. The molecular formula is C13H18N4O2. The van der Waals surface area contributed by atoms with Crippen LogP contribution in [0.3, 0.4) is 0 Å². The van der Waals surface area contributed by atoms with Crippen molar-refractivity contribution < 1.29 is 9.53 Å². The lowest BCUT2D eigenvalue weighted by Gasteiger charge is -2.10. The highest BCUT2D eigenvalue weighted by molar-refractivity contribution is 5.96. The molecule has 0 aliphatic heterocycles. The highest BCUT2D eigenvalue weighted by Crippen LogP contribution is 2.17. The summed E-state index contributed by atoms with van der Waals surface area (Å²) in [6.07, 6.45) is 1.54. The van der Waals surface area contributed by atoms with Crippen LogP contribution >= 0.6 is 0 Å². The Hall–Kier alpha value is -2.20. The number of nitrogens with one attached hydrogen (secondary N) is 1. The molecule has 0 aromatic heterocycles. The van der Waals surface area contributed by atoms with Crippen LogP contribution in [-0.4, -0.2) is 25.6 Å². The fourth-order valence-electron chi connectivity index (χ4n) is 1.58. The highest BCUT2D eigenvalue weighted by atomic mass is 16.5. The minimum atomic E-state index is -0.146. The van der Waals surface area contributed by atoms with Gasteiger partial charge in [0, 0.05) is 18.0 Å². The average molecular weight is 262 g/mol. The SMILES string of the molecule is CCOc1ccccc1C(=O)NCCCCN=[N+]=[N-]. The summed E-state index contributed by atoms with van der Waals surface area (Å²) in [7, 11) is 0. The van der Waals surface area contributed by atoms with E-state index >= 15 is 0 Å². The Labute approximate surface area is 112 Å². The number of hydrogen-bond donors (Lipinski definition) is 1. The molecule has 0 radical (unpaired) electrons. The minimum absolute atomic E-state index is 0.146. The number of nitrogens with zero attached hydrogens (tertiary/aromatic N) is 3. The Morgan fingerprint density at radius 1 is 1.42 bits per heavy atom. The zero-order valence-electron chi connectivity index (χ0n) is 11.0. The van der Waals surface area contributed by atoms with Crippen LogP contribution in [-0.2, 0) is 0 Å². The van der Waals surface area contributed by atoms with Gasteiger partial charge in [-0.1, -0.05) is 17.2 Å². The number of unbranched alkanes of at least 4 members (excludes halogenated alkanes) is 1. The van der Waals surface area contributed by atoms with Gasteiger partial charge in [0.05, 0.1) is 12.2 Å². The van der Waals surface area contributed by atoms with Gasteiger partial charge >= 0.3 is 0 Å². The molecule has 0 unspecified atom stereocenters. The topological polar surface area (TPSA) is 87.1 Å². The molecule has 0 spiro atoms. The van der Waals surface area contributed by atoms with Crippen molar-refractivity contribution in [3.63, 3.8) is 0 Å². The number of ether oxygens (including phenoxy) is 1. The number of carbonyl (C=O) groups excluding carboxylic acids is 1. The van der Waals surface area contributed by atoms with Crippen LogP contribution in [0.4, 0.5) is 0 Å². The van der Waals surface area contributed by atoms with E-state index < -0.39 is 0 Å². The van der Waals surface area contributed by atoms with Gasteiger partial charge in [0.15, 0.2) is 0 Å². The molecule has 0 heterocycles. The zero-order valence-corrected chi connectivity index (χ0v) is 11.0. The van der Waals surface area contributed by atoms with Crippen LogP contribution < -0.4 is 10.1 Å². The van der Waals surface area contributed by atoms with Gasteiger partial charge < -0.3 is 10.1 Å². The van der Waals surface area contributed by atoms with Gasteiger partial charge in [0.2, 0.25) is 0 Å². The molecule has 6 nitrogen and oxygen atoms in total. The quantitative estimate of drug-likeness (QED) is 0.338. The molecule has 0 fully saturated rings. The van der Waals surface area contributed by atoms with Crippen LogP contribution in [0.15, 0.2) is 29.4 Å². The maximum Gasteiger partial charge on any atom is 0.255 e. The third-order valence-corrected chi connectivity index (χ3v) is 2.47. The molecule has 0 saturated heterocycles. The second kappa shape index (κ2) is 8.83. The lowest BCUT2D eigenvalue weighted by Crippen LogP contribution is -2.25. The van der Waals surface area contributed by atoms with E-state index in [0.717, 1.165) is 12.8 Å². The van der Waals surface area contributed by atoms with E-state index in [-0.39, 0.29) is 5.91 Å². The summed E-state index contributed by atoms with van der Waals surface area (Å²) in [5.74, 6) is 0.449. The Balaban J connectivity index is 2.42. The summed E-state index contributed by atoms with van der Waals surface area (Å²) < 4.78 is 5.40. The van der Waals surface area contributed by atoms with Crippen molar-refractivity contribution in [1.29, 1.82) is 0 Å². The third-order valence-electron chi connectivity index (χ3n) is 2.47. The first kappa shape index (κ1) is 14.9. The predicted octanol–water partition coefficient (Wildman–Crippen LogP) is 2.91. The van der Waals surface area contributed by atoms with E-state index in [0.29, 0.717) is 31.0 Å². The fraction of sp³-hybridized carbons (Fsp3) is 0.462. The molecule has 0 bridgehead atoms. The Kier molecular flexibility index (Phi) is 6.90. The van der Waals surface area contributed by atoms with Gasteiger partial charge in [0.25, 0.3) is 5.91 Å². The number of benzene rings is 1. The molecule has 1 aromatic carbocycles. The van der Waals surface area contributed by atoms with Crippen molar-refractivity contribution in [2.45, 2.75) is 19.8 Å². The maximum absolute atomic E-state index is 12.0. The first-order valence-corrected chi connectivity index (χ1v) is 6.30. The van der Waals surface area contributed by atoms with Gasteiger partial charge in [-0.2, -0.15) is 0 Å². The van der Waals surface area contributed by atoms with Crippen molar-refractivity contribution in [2.75, 3.05) is 19.7 Å². The Morgan fingerprint density at radius 3 is 2.95 bits per heavy atom. The molecule has 0 atom stereocenters. The Morgan fingerprint density at radius 2 is 2.21 bits per heavy atom. The maximum atomic E-state index is 12.0. The summed E-state index contributed by atoms with van der Waals surface area (Å²) >= 11 is 0. The van der Waals surface area contributed by atoms with E-state index in [2.05, 4.69) is 15.3 Å². The second-order valence-corrected chi connectivity index (χ2v) is 3.85. The van der Waals surface area contributed by atoms with Crippen LogP contribution in [0.2, 0.25) is 0 Å². The van der Waals surface area contributed by atoms with Gasteiger partial charge in [-0.25, -0.2) is 0 Å². The van der Waals surface area contributed by atoms with E-state index in [4.69, 9.17) is 10.3 Å². The normalized spacial score (nSPS) is 9.53. The van der Waals surface area contributed by atoms with Gasteiger partial charge in [-0.05, 0) is 37.4 Å². The van der Waals surface area contributed by atoms with Crippen molar-refractivity contribution in [3.8, 4) is 5.75 Å². The number of para-hydroxylation sites is 1. The summed E-state index contributed by atoms with van der Waals surface area (Å²) in [6, 6.07) is 7.15. The first-order chi connectivity index (χ1) is 9.29. The third kappa shape index (κ3) is 5.31. The molecule has 1 amide bonds. The number of azide groups is 1. The predicted molar refractivity (Wildman–Crippen MR) is 73.2 cm³/mol. The highest BCUT2D eigenvalue weighted by Gasteiger charge is 2.10. The minimum Gasteiger partial charge on any atom is -0.493 e. The molecule has 6 heteroatoms. The average Bonchev–Trinajstić information content (AvgIpc) is 2.43.